The van der Waals surface area contributed by atoms with E-state index in [1.54, 1.807) is 31.2 Å². The SMILES string of the molecule is CCOC(=O)[C@@]12O[C@@]3(O[C@H]1c1ccccc1)c1c(c4ccccc4n1C2=O)CCN3C(C)=O. The van der Waals surface area contributed by atoms with E-state index in [1.165, 1.54) is 16.4 Å². The van der Waals surface area contributed by atoms with E-state index >= 15 is 0 Å². The number of nitrogens with zero attached hydrogens (tertiary/aromatic N) is 2. The minimum Gasteiger partial charge on any atom is -0.463 e. The van der Waals surface area contributed by atoms with Crippen molar-refractivity contribution in [3.8, 4) is 0 Å². The molecule has 3 atom stereocenters. The summed E-state index contributed by atoms with van der Waals surface area (Å²) in [7, 11) is 0. The quantitative estimate of drug-likeness (QED) is 0.454. The molecule has 168 valence electrons. The van der Waals surface area contributed by atoms with E-state index in [0.29, 0.717) is 29.7 Å². The molecule has 4 heterocycles. The van der Waals surface area contributed by atoms with E-state index in [1.807, 2.05) is 30.3 Å². The summed E-state index contributed by atoms with van der Waals surface area (Å²) < 4.78 is 19.9. The first-order valence-corrected chi connectivity index (χ1v) is 11.0. The Labute approximate surface area is 189 Å². The van der Waals surface area contributed by atoms with E-state index in [-0.39, 0.29) is 12.5 Å². The largest absolute Gasteiger partial charge is 0.463 e. The number of esters is 1. The van der Waals surface area contributed by atoms with Crippen LogP contribution in [0, 0.1) is 0 Å². The molecule has 0 radical (unpaired) electrons. The van der Waals surface area contributed by atoms with Crippen LogP contribution in [0.1, 0.15) is 41.6 Å². The van der Waals surface area contributed by atoms with Crippen molar-refractivity contribution in [2.45, 2.75) is 37.9 Å². The number of para-hydroxylation sites is 1. The summed E-state index contributed by atoms with van der Waals surface area (Å²) in [6, 6.07) is 16.5. The van der Waals surface area contributed by atoms with Crippen LogP contribution in [0.15, 0.2) is 54.6 Å². The Morgan fingerprint density at radius 2 is 1.85 bits per heavy atom. The first-order valence-electron chi connectivity index (χ1n) is 11.0. The van der Waals surface area contributed by atoms with Gasteiger partial charge in [-0.05, 0) is 30.5 Å². The third kappa shape index (κ3) is 2.34. The van der Waals surface area contributed by atoms with Crippen molar-refractivity contribution in [1.29, 1.82) is 0 Å². The monoisotopic (exact) mass is 446 g/mol. The smallest absolute Gasteiger partial charge is 0.351 e. The van der Waals surface area contributed by atoms with Crippen molar-refractivity contribution in [3.05, 3.63) is 71.4 Å². The van der Waals surface area contributed by atoms with E-state index in [0.717, 1.165) is 10.9 Å². The summed E-state index contributed by atoms with van der Waals surface area (Å²) in [5.74, 6) is -3.41. The fourth-order valence-corrected chi connectivity index (χ4v) is 5.45. The zero-order chi connectivity index (χ0) is 23.0. The maximum atomic E-state index is 14.2. The van der Waals surface area contributed by atoms with Crippen LogP contribution in [0.25, 0.3) is 10.9 Å². The highest BCUT2D eigenvalue weighted by atomic mass is 16.8. The third-order valence-corrected chi connectivity index (χ3v) is 6.75. The van der Waals surface area contributed by atoms with Crippen LogP contribution in [0.4, 0.5) is 0 Å². The van der Waals surface area contributed by atoms with Crippen LogP contribution in [0.2, 0.25) is 0 Å². The molecule has 2 bridgehead atoms. The first-order chi connectivity index (χ1) is 16.0. The van der Waals surface area contributed by atoms with Gasteiger partial charge < -0.3 is 9.47 Å². The molecule has 8 nitrogen and oxygen atoms in total. The van der Waals surface area contributed by atoms with Gasteiger partial charge in [0.2, 0.25) is 5.91 Å². The van der Waals surface area contributed by atoms with Crippen LogP contribution in [0.3, 0.4) is 0 Å². The molecule has 0 N–H and O–H groups in total. The number of hydrogen-bond donors (Lipinski definition) is 0. The van der Waals surface area contributed by atoms with Crippen molar-refractivity contribution < 1.29 is 28.6 Å². The van der Waals surface area contributed by atoms with Gasteiger partial charge in [-0.25, -0.2) is 4.79 Å². The number of fused-ring (bicyclic) bond motifs is 4. The van der Waals surface area contributed by atoms with Crippen molar-refractivity contribution in [1.82, 2.24) is 9.47 Å². The fourth-order valence-electron chi connectivity index (χ4n) is 5.45. The van der Waals surface area contributed by atoms with Gasteiger partial charge in [0.25, 0.3) is 11.5 Å². The lowest BCUT2D eigenvalue weighted by molar-refractivity contribution is -0.290. The van der Waals surface area contributed by atoms with Gasteiger partial charge in [0.05, 0.1) is 12.1 Å². The molecule has 1 saturated heterocycles. The molecule has 0 saturated carbocycles. The van der Waals surface area contributed by atoms with E-state index in [4.69, 9.17) is 14.2 Å². The number of aromatic nitrogens is 1. The summed E-state index contributed by atoms with van der Waals surface area (Å²) in [6.07, 6.45) is -0.566. The van der Waals surface area contributed by atoms with Crippen molar-refractivity contribution in [2.24, 2.45) is 0 Å². The molecule has 0 aliphatic carbocycles. The van der Waals surface area contributed by atoms with Crippen molar-refractivity contribution in [3.63, 3.8) is 0 Å². The Kier molecular flexibility index (Phi) is 4.12. The highest BCUT2D eigenvalue weighted by molar-refractivity contribution is 6.13. The second kappa shape index (κ2) is 6.76. The lowest BCUT2D eigenvalue weighted by atomic mass is 9.89. The summed E-state index contributed by atoms with van der Waals surface area (Å²) in [4.78, 5) is 42.0. The molecule has 6 rings (SSSR count). The zero-order valence-corrected chi connectivity index (χ0v) is 18.2. The normalized spacial score (nSPS) is 27.5. The summed E-state index contributed by atoms with van der Waals surface area (Å²) in [5.41, 5.74) is 0.461. The highest BCUT2D eigenvalue weighted by Gasteiger charge is 2.75. The average Bonchev–Trinajstić information content (AvgIpc) is 3.33. The molecule has 0 unspecified atom stereocenters. The maximum absolute atomic E-state index is 14.2. The lowest BCUT2D eigenvalue weighted by Crippen LogP contribution is -2.63. The number of amides is 1. The molecule has 8 heteroatoms. The number of carbonyl (C=O) groups is 3. The van der Waals surface area contributed by atoms with Gasteiger partial charge in [-0.1, -0.05) is 48.5 Å². The average molecular weight is 446 g/mol. The number of carbonyl (C=O) groups excluding carboxylic acids is 3. The Hall–Kier alpha value is -3.49. The van der Waals surface area contributed by atoms with Crippen LogP contribution < -0.4 is 0 Å². The van der Waals surface area contributed by atoms with Crippen LogP contribution >= 0.6 is 0 Å². The van der Waals surface area contributed by atoms with Crippen molar-refractivity contribution in [2.75, 3.05) is 13.2 Å². The number of rotatable bonds is 3. The van der Waals surface area contributed by atoms with Gasteiger partial charge in [0, 0.05) is 18.9 Å². The molecule has 3 aliphatic heterocycles. The maximum Gasteiger partial charge on any atom is 0.351 e. The predicted octanol–water partition coefficient (Wildman–Crippen LogP) is 2.90. The van der Waals surface area contributed by atoms with Gasteiger partial charge in [-0.2, -0.15) is 0 Å². The minimum atomic E-state index is -2.10. The highest BCUT2D eigenvalue weighted by Crippen LogP contribution is 2.59. The van der Waals surface area contributed by atoms with E-state index in [9.17, 15) is 14.4 Å². The number of hydrogen-bond acceptors (Lipinski definition) is 6. The Morgan fingerprint density at radius 1 is 1.12 bits per heavy atom. The summed E-state index contributed by atoms with van der Waals surface area (Å²) >= 11 is 0. The predicted molar refractivity (Wildman–Crippen MR) is 116 cm³/mol. The van der Waals surface area contributed by atoms with Gasteiger partial charge in [0.15, 0.2) is 0 Å². The number of ether oxygens (including phenoxy) is 3. The molecule has 33 heavy (non-hydrogen) atoms. The number of benzene rings is 2. The molecule has 3 aliphatic rings. The minimum absolute atomic E-state index is 0.0622. The van der Waals surface area contributed by atoms with Gasteiger partial charge in [0.1, 0.15) is 11.8 Å². The standard InChI is InChI=1S/C25H22N2O6/c1-3-31-23(30)24-21(16-9-5-4-6-10-16)32-25(33-24)20-18(13-14-26(25)15(2)28)17-11-7-8-12-19(17)27(20)22(24)29/h4-12,21H,3,13-14H2,1-2H3/t21-,24+,25-/m0/s1. The lowest BCUT2D eigenvalue weighted by Gasteiger charge is -2.45. The molecule has 3 aromatic rings. The molecule has 1 fully saturated rings. The van der Waals surface area contributed by atoms with Gasteiger partial charge in [-0.15, -0.1) is 0 Å². The Balaban J connectivity index is 1.71. The molecule has 1 aromatic heterocycles. The van der Waals surface area contributed by atoms with Crippen LogP contribution in [-0.2, 0) is 36.1 Å². The Morgan fingerprint density at radius 3 is 2.58 bits per heavy atom. The van der Waals surface area contributed by atoms with Crippen LogP contribution in [0.5, 0.6) is 0 Å². The molecular weight excluding hydrogens is 424 g/mol. The van der Waals surface area contributed by atoms with E-state index in [2.05, 4.69) is 0 Å². The molecule has 1 amide bonds. The first kappa shape index (κ1) is 20.1. The molecular formula is C25H22N2O6. The summed E-state index contributed by atoms with van der Waals surface area (Å²) in [5, 5.41) is 0.874. The van der Waals surface area contributed by atoms with Gasteiger partial charge >= 0.3 is 11.9 Å². The van der Waals surface area contributed by atoms with Crippen molar-refractivity contribution >= 4 is 28.7 Å². The fraction of sp³-hybridized carbons (Fsp3) is 0.320. The summed E-state index contributed by atoms with van der Waals surface area (Å²) in [6.45, 7) is 3.48. The third-order valence-electron chi connectivity index (χ3n) is 6.75. The zero-order valence-electron chi connectivity index (χ0n) is 18.2. The second-order valence-electron chi connectivity index (χ2n) is 8.45. The van der Waals surface area contributed by atoms with Gasteiger partial charge in [-0.3, -0.25) is 23.8 Å². The van der Waals surface area contributed by atoms with Crippen LogP contribution in [-0.4, -0.2) is 46.0 Å². The topological polar surface area (TPSA) is 87.1 Å². The van der Waals surface area contributed by atoms with E-state index < -0.39 is 29.5 Å². The second-order valence-corrected chi connectivity index (χ2v) is 8.45. The Bertz CT molecular complexity index is 1330. The molecule has 2 aromatic carbocycles. The molecule has 1 spiro atoms.